The van der Waals surface area contributed by atoms with Gasteiger partial charge in [-0.2, -0.15) is 11.8 Å². The molecule has 3 atom stereocenters. The number of likely N-dealkylation sites (N-methyl/N-ethyl adjacent to an activating group) is 1. The van der Waals surface area contributed by atoms with Gasteiger partial charge in [0.25, 0.3) is 5.91 Å². The maximum absolute atomic E-state index is 12.0. The summed E-state index contributed by atoms with van der Waals surface area (Å²) in [5.41, 5.74) is 0. The van der Waals surface area contributed by atoms with Crippen LogP contribution in [0.3, 0.4) is 0 Å². The van der Waals surface area contributed by atoms with Gasteiger partial charge < -0.3 is 14.7 Å². The first-order valence-corrected chi connectivity index (χ1v) is 7.00. The van der Waals surface area contributed by atoms with E-state index in [0.717, 1.165) is 5.75 Å². The molecule has 98 valence electrons. The predicted octanol–water partition coefficient (Wildman–Crippen LogP) is 0.829. The molecule has 0 bridgehead atoms. The molecule has 1 N–H and O–H groups in total. The SMILES string of the molecule is CSCC(C)N(C)C(=O)C1CCC(C(=O)O)O1. The molecule has 1 aliphatic heterocycles. The Morgan fingerprint density at radius 2 is 2.06 bits per heavy atom. The van der Waals surface area contributed by atoms with Crippen LogP contribution in [0.1, 0.15) is 19.8 Å². The molecule has 0 aromatic carbocycles. The molecule has 5 nitrogen and oxygen atoms in total. The molecule has 1 aliphatic rings. The zero-order valence-corrected chi connectivity index (χ0v) is 11.2. The second-order valence-electron chi connectivity index (χ2n) is 4.28. The average Bonchev–Trinajstić information content (AvgIpc) is 2.76. The molecule has 17 heavy (non-hydrogen) atoms. The molecular formula is C11H19NO4S. The number of carbonyl (C=O) groups is 2. The first-order chi connectivity index (χ1) is 7.97. The van der Waals surface area contributed by atoms with Crippen LogP contribution in [0.5, 0.6) is 0 Å². The highest BCUT2D eigenvalue weighted by Gasteiger charge is 2.36. The van der Waals surface area contributed by atoms with E-state index in [1.807, 2.05) is 13.2 Å². The van der Waals surface area contributed by atoms with Crippen molar-refractivity contribution >= 4 is 23.6 Å². The summed E-state index contributed by atoms with van der Waals surface area (Å²) in [6, 6.07) is 0.130. The first-order valence-electron chi connectivity index (χ1n) is 5.61. The molecular weight excluding hydrogens is 242 g/mol. The van der Waals surface area contributed by atoms with Crippen molar-refractivity contribution in [3.05, 3.63) is 0 Å². The van der Waals surface area contributed by atoms with E-state index in [-0.39, 0.29) is 11.9 Å². The molecule has 1 amide bonds. The molecule has 1 rings (SSSR count). The second-order valence-corrected chi connectivity index (χ2v) is 5.19. The molecule has 0 radical (unpaired) electrons. The monoisotopic (exact) mass is 261 g/mol. The summed E-state index contributed by atoms with van der Waals surface area (Å²) in [5.74, 6) is -0.243. The summed E-state index contributed by atoms with van der Waals surface area (Å²) in [6.45, 7) is 1.97. The zero-order chi connectivity index (χ0) is 13.0. The van der Waals surface area contributed by atoms with E-state index < -0.39 is 18.2 Å². The number of nitrogens with zero attached hydrogens (tertiary/aromatic N) is 1. The van der Waals surface area contributed by atoms with Gasteiger partial charge in [0.2, 0.25) is 0 Å². The lowest BCUT2D eigenvalue weighted by molar-refractivity contribution is -0.154. The first kappa shape index (κ1) is 14.3. The lowest BCUT2D eigenvalue weighted by atomic mass is 10.1. The zero-order valence-electron chi connectivity index (χ0n) is 10.4. The number of ether oxygens (including phenoxy) is 1. The number of carboxylic acids is 1. The van der Waals surface area contributed by atoms with Gasteiger partial charge in [-0.05, 0) is 26.0 Å². The summed E-state index contributed by atoms with van der Waals surface area (Å²) in [4.78, 5) is 24.4. The van der Waals surface area contributed by atoms with Gasteiger partial charge in [-0.1, -0.05) is 0 Å². The van der Waals surface area contributed by atoms with Gasteiger partial charge in [0.15, 0.2) is 6.10 Å². The van der Waals surface area contributed by atoms with Crippen molar-refractivity contribution in [3.63, 3.8) is 0 Å². The summed E-state index contributed by atoms with van der Waals surface area (Å²) >= 11 is 1.67. The predicted molar refractivity (Wildman–Crippen MR) is 66.1 cm³/mol. The fourth-order valence-electron chi connectivity index (χ4n) is 1.80. The molecule has 0 aromatic heterocycles. The third-order valence-corrected chi connectivity index (χ3v) is 3.80. The summed E-state index contributed by atoms with van der Waals surface area (Å²) < 4.78 is 5.24. The van der Waals surface area contributed by atoms with E-state index in [0.29, 0.717) is 12.8 Å². The Hall–Kier alpha value is -0.750. The molecule has 1 heterocycles. The number of aliphatic carboxylic acids is 1. The summed E-state index contributed by atoms with van der Waals surface area (Å²) in [7, 11) is 1.74. The average molecular weight is 261 g/mol. The Morgan fingerprint density at radius 1 is 1.47 bits per heavy atom. The van der Waals surface area contributed by atoms with Crippen molar-refractivity contribution in [1.82, 2.24) is 4.90 Å². The molecule has 0 aliphatic carbocycles. The van der Waals surface area contributed by atoms with E-state index in [4.69, 9.17) is 9.84 Å². The van der Waals surface area contributed by atoms with Crippen molar-refractivity contribution in [2.75, 3.05) is 19.1 Å². The molecule has 1 fully saturated rings. The number of hydrogen-bond donors (Lipinski definition) is 1. The highest BCUT2D eigenvalue weighted by molar-refractivity contribution is 7.98. The largest absolute Gasteiger partial charge is 0.479 e. The minimum Gasteiger partial charge on any atom is -0.479 e. The maximum Gasteiger partial charge on any atom is 0.332 e. The quantitative estimate of drug-likeness (QED) is 0.794. The second kappa shape index (κ2) is 6.26. The smallest absolute Gasteiger partial charge is 0.332 e. The Kier molecular flexibility index (Phi) is 5.27. The Balaban J connectivity index is 2.51. The van der Waals surface area contributed by atoms with E-state index >= 15 is 0 Å². The fourth-order valence-corrected chi connectivity index (χ4v) is 2.50. The van der Waals surface area contributed by atoms with Gasteiger partial charge in [0, 0.05) is 18.8 Å². The lowest BCUT2D eigenvalue weighted by Crippen LogP contribution is -2.43. The third kappa shape index (κ3) is 3.61. The highest BCUT2D eigenvalue weighted by Crippen LogP contribution is 2.22. The minimum atomic E-state index is -0.986. The number of thioether (sulfide) groups is 1. The number of amides is 1. The minimum absolute atomic E-state index is 0.115. The van der Waals surface area contributed by atoms with Crippen LogP contribution in [0.15, 0.2) is 0 Å². The number of carboxylic acid groups (broad SMARTS) is 1. The van der Waals surface area contributed by atoms with Crippen LogP contribution in [-0.2, 0) is 14.3 Å². The van der Waals surface area contributed by atoms with Crippen LogP contribution in [0.2, 0.25) is 0 Å². The van der Waals surface area contributed by atoms with Gasteiger partial charge in [-0.25, -0.2) is 4.79 Å². The van der Waals surface area contributed by atoms with Crippen molar-refractivity contribution in [3.8, 4) is 0 Å². The van der Waals surface area contributed by atoms with Gasteiger partial charge in [0.05, 0.1) is 0 Å². The van der Waals surface area contributed by atoms with Crippen LogP contribution >= 0.6 is 11.8 Å². The Labute approximate surface area is 105 Å². The molecule has 1 saturated heterocycles. The van der Waals surface area contributed by atoms with Crippen molar-refractivity contribution in [1.29, 1.82) is 0 Å². The molecule has 0 saturated carbocycles. The van der Waals surface area contributed by atoms with E-state index in [1.54, 1.807) is 23.7 Å². The van der Waals surface area contributed by atoms with Gasteiger partial charge in [-0.15, -0.1) is 0 Å². The Morgan fingerprint density at radius 3 is 2.53 bits per heavy atom. The molecule has 0 spiro atoms. The summed E-state index contributed by atoms with van der Waals surface area (Å²) in [5, 5.41) is 8.79. The normalized spacial score (nSPS) is 25.6. The van der Waals surface area contributed by atoms with Crippen LogP contribution in [0, 0.1) is 0 Å². The standard InChI is InChI=1S/C11H19NO4S/c1-7(6-17-3)12(2)10(13)8-4-5-9(16-8)11(14)15/h7-9H,4-6H2,1-3H3,(H,14,15). The van der Waals surface area contributed by atoms with Gasteiger partial charge in [-0.3, -0.25) is 4.79 Å². The number of rotatable bonds is 5. The molecule has 0 aromatic rings. The van der Waals surface area contributed by atoms with Crippen molar-refractivity contribution < 1.29 is 19.4 Å². The lowest BCUT2D eigenvalue weighted by Gasteiger charge is -2.26. The van der Waals surface area contributed by atoms with Crippen LogP contribution in [0.4, 0.5) is 0 Å². The third-order valence-electron chi connectivity index (χ3n) is 2.99. The van der Waals surface area contributed by atoms with Crippen molar-refractivity contribution in [2.24, 2.45) is 0 Å². The van der Waals surface area contributed by atoms with E-state index in [9.17, 15) is 9.59 Å². The van der Waals surface area contributed by atoms with Gasteiger partial charge >= 0.3 is 5.97 Å². The fraction of sp³-hybridized carbons (Fsp3) is 0.818. The van der Waals surface area contributed by atoms with Gasteiger partial charge in [0.1, 0.15) is 6.10 Å². The number of carbonyl (C=O) groups excluding carboxylic acids is 1. The van der Waals surface area contributed by atoms with Crippen LogP contribution in [0.25, 0.3) is 0 Å². The summed E-state index contributed by atoms with van der Waals surface area (Å²) in [6.07, 6.45) is 1.47. The maximum atomic E-state index is 12.0. The molecule has 6 heteroatoms. The number of hydrogen-bond acceptors (Lipinski definition) is 4. The van der Waals surface area contributed by atoms with Crippen LogP contribution < -0.4 is 0 Å². The Bertz CT molecular complexity index is 297. The highest BCUT2D eigenvalue weighted by atomic mass is 32.2. The van der Waals surface area contributed by atoms with E-state index in [1.165, 1.54) is 0 Å². The molecule has 3 unspecified atom stereocenters. The van der Waals surface area contributed by atoms with Crippen LogP contribution in [-0.4, -0.2) is 59.2 Å². The van der Waals surface area contributed by atoms with Crippen molar-refractivity contribution in [2.45, 2.75) is 38.0 Å². The topological polar surface area (TPSA) is 66.8 Å². The van der Waals surface area contributed by atoms with E-state index in [2.05, 4.69) is 0 Å².